The fourth-order valence-electron chi connectivity index (χ4n) is 3.10. The molecule has 2 N–H and O–H groups in total. The van der Waals surface area contributed by atoms with Gasteiger partial charge in [0.15, 0.2) is 11.8 Å². The van der Waals surface area contributed by atoms with Gasteiger partial charge in [-0.15, -0.1) is 10.2 Å². The maximum absolute atomic E-state index is 5.81. The molecule has 2 saturated heterocycles. The van der Waals surface area contributed by atoms with Crippen LogP contribution < -0.4 is 10.6 Å². The summed E-state index contributed by atoms with van der Waals surface area (Å²) in [6.07, 6.45) is 4.67. The van der Waals surface area contributed by atoms with Crippen LogP contribution in [0.3, 0.4) is 0 Å². The highest BCUT2D eigenvalue weighted by molar-refractivity contribution is 5.79. The van der Waals surface area contributed by atoms with Crippen LogP contribution in [-0.2, 0) is 27.8 Å². The first-order valence-corrected chi connectivity index (χ1v) is 9.90. The van der Waals surface area contributed by atoms with E-state index in [4.69, 9.17) is 14.2 Å². The van der Waals surface area contributed by atoms with Crippen molar-refractivity contribution in [1.82, 2.24) is 25.4 Å². The van der Waals surface area contributed by atoms with E-state index in [0.29, 0.717) is 6.54 Å². The molecule has 0 aromatic carbocycles. The molecule has 2 fully saturated rings. The lowest BCUT2D eigenvalue weighted by molar-refractivity contribution is 0.0419. The van der Waals surface area contributed by atoms with Crippen molar-refractivity contribution >= 4 is 5.96 Å². The number of nitrogens with zero attached hydrogens (tertiary/aromatic N) is 4. The Morgan fingerprint density at radius 2 is 2.22 bits per heavy atom. The second-order valence-electron chi connectivity index (χ2n) is 7.04. The first kappa shape index (κ1) is 20.0. The van der Waals surface area contributed by atoms with Gasteiger partial charge in [-0.3, -0.25) is 0 Å². The maximum Gasteiger partial charge on any atom is 0.191 e. The molecule has 0 aliphatic carbocycles. The van der Waals surface area contributed by atoms with Gasteiger partial charge in [0.25, 0.3) is 0 Å². The predicted molar refractivity (Wildman–Crippen MR) is 102 cm³/mol. The molecular weight excluding hydrogens is 348 g/mol. The van der Waals surface area contributed by atoms with E-state index in [-0.39, 0.29) is 12.2 Å². The van der Waals surface area contributed by atoms with Gasteiger partial charge >= 0.3 is 0 Å². The minimum atomic E-state index is 0.259. The molecule has 0 amide bonds. The van der Waals surface area contributed by atoms with E-state index in [1.165, 1.54) is 0 Å². The van der Waals surface area contributed by atoms with E-state index in [2.05, 4.69) is 25.8 Å². The molecule has 0 radical (unpaired) electrons. The Balaban J connectivity index is 1.44. The number of hydrogen-bond donors (Lipinski definition) is 2. The summed E-state index contributed by atoms with van der Waals surface area (Å²) in [5.41, 5.74) is 0. The Labute approximate surface area is 160 Å². The topological polar surface area (TPSA) is 94.8 Å². The summed E-state index contributed by atoms with van der Waals surface area (Å²) in [4.78, 5) is 4.66. The van der Waals surface area contributed by atoms with Crippen LogP contribution in [0.2, 0.25) is 0 Å². The summed E-state index contributed by atoms with van der Waals surface area (Å²) < 4.78 is 18.8. The zero-order valence-corrected chi connectivity index (χ0v) is 16.4. The van der Waals surface area contributed by atoms with Gasteiger partial charge in [-0.1, -0.05) is 0 Å². The van der Waals surface area contributed by atoms with Crippen LogP contribution in [0, 0.1) is 6.92 Å². The van der Waals surface area contributed by atoms with Crippen molar-refractivity contribution in [2.75, 3.05) is 39.5 Å². The van der Waals surface area contributed by atoms with Crippen molar-refractivity contribution < 1.29 is 14.2 Å². The van der Waals surface area contributed by atoms with Gasteiger partial charge < -0.3 is 29.4 Å². The van der Waals surface area contributed by atoms with E-state index in [1.807, 2.05) is 18.5 Å². The normalized spacial score (nSPS) is 23.1. The van der Waals surface area contributed by atoms with Crippen LogP contribution in [0.1, 0.15) is 37.3 Å². The van der Waals surface area contributed by atoms with Gasteiger partial charge in [0.05, 0.1) is 18.8 Å². The highest BCUT2D eigenvalue weighted by Crippen LogP contribution is 2.10. The Hall–Kier alpha value is -1.71. The fraction of sp³-hybridized carbons (Fsp3) is 0.833. The summed E-state index contributed by atoms with van der Waals surface area (Å²) in [6.45, 7) is 7.09. The molecule has 3 rings (SSSR count). The molecule has 9 nitrogen and oxygen atoms in total. The second kappa shape index (κ2) is 10.6. The van der Waals surface area contributed by atoms with Gasteiger partial charge in [-0.25, -0.2) is 4.99 Å². The molecule has 0 bridgehead atoms. The predicted octanol–water partition coefficient (Wildman–Crippen LogP) is 0.533. The minimum absolute atomic E-state index is 0.259. The van der Waals surface area contributed by atoms with E-state index in [9.17, 15) is 0 Å². The van der Waals surface area contributed by atoms with E-state index in [1.54, 1.807) is 0 Å². The second-order valence-corrected chi connectivity index (χ2v) is 7.04. The van der Waals surface area contributed by atoms with Gasteiger partial charge in [-0.2, -0.15) is 0 Å². The molecule has 152 valence electrons. The molecule has 2 aliphatic rings. The van der Waals surface area contributed by atoms with Gasteiger partial charge in [0, 0.05) is 40.0 Å². The third-order valence-corrected chi connectivity index (χ3v) is 4.94. The third kappa shape index (κ3) is 6.44. The highest BCUT2D eigenvalue weighted by atomic mass is 16.5. The minimum Gasteiger partial charge on any atom is -0.379 e. The molecule has 0 spiro atoms. The van der Waals surface area contributed by atoms with Crippen LogP contribution in [0.4, 0.5) is 0 Å². The number of aliphatic imine (C=N–C) groups is 1. The molecule has 9 heteroatoms. The van der Waals surface area contributed by atoms with E-state index < -0.39 is 0 Å². The third-order valence-electron chi connectivity index (χ3n) is 4.94. The molecule has 2 unspecified atom stereocenters. The Kier molecular flexibility index (Phi) is 7.85. The maximum atomic E-state index is 5.81. The van der Waals surface area contributed by atoms with Gasteiger partial charge in [-0.05, 0) is 32.6 Å². The van der Waals surface area contributed by atoms with Crippen molar-refractivity contribution in [3.63, 3.8) is 0 Å². The molecule has 0 saturated carbocycles. The van der Waals surface area contributed by atoms with Crippen molar-refractivity contribution in [2.45, 2.75) is 51.4 Å². The summed E-state index contributed by atoms with van der Waals surface area (Å²) >= 11 is 0. The van der Waals surface area contributed by atoms with Crippen molar-refractivity contribution in [1.29, 1.82) is 0 Å². The van der Waals surface area contributed by atoms with Gasteiger partial charge in [0.2, 0.25) is 0 Å². The summed E-state index contributed by atoms with van der Waals surface area (Å²) in [5, 5.41) is 15.0. The quantitative estimate of drug-likeness (QED) is 0.367. The van der Waals surface area contributed by atoms with Crippen LogP contribution in [0.15, 0.2) is 4.99 Å². The summed E-state index contributed by atoms with van der Waals surface area (Å²) in [5.74, 6) is 2.50. The zero-order chi connectivity index (χ0) is 18.9. The Morgan fingerprint density at radius 3 is 2.93 bits per heavy atom. The molecule has 1 aromatic heterocycles. The smallest absolute Gasteiger partial charge is 0.191 e. The van der Waals surface area contributed by atoms with Crippen molar-refractivity contribution in [3.05, 3.63) is 11.6 Å². The largest absolute Gasteiger partial charge is 0.379 e. The zero-order valence-electron chi connectivity index (χ0n) is 16.4. The lowest BCUT2D eigenvalue weighted by Gasteiger charge is -2.16. The summed E-state index contributed by atoms with van der Waals surface area (Å²) in [7, 11) is 1.96. The first-order valence-electron chi connectivity index (χ1n) is 9.90. The molecule has 2 atom stereocenters. The number of ether oxygens (including phenoxy) is 3. The molecule has 27 heavy (non-hydrogen) atoms. The number of hydrogen-bond acceptors (Lipinski definition) is 6. The van der Waals surface area contributed by atoms with Crippen LogP contribution in [0.5, 0.6) is 0 Å². The molecule has 1 aromatic rings. The molecular formula is C18H32N6O3. The number of nitrogens with one attached hydrogen (secondary N) is 2. The average Bonchev–Trinajstić information content (AvgIpc) is 3.42. The number of rotatable bonds is 9. The van der Waals surface area contributed by atoms with Crippen LogP contribution in [0.25, 0.3) is 0 Å². The van der Waals surface area contributed by atoms with E-state index in [0.717, 1.165) is 82.8 Å². The standard InChI is InChI=1S/C18H32N6O3/c1-14-22-23-17(24(14)2)12-21-18(20-11-15-5-3-8-26-15)19-7-4-9-27-16-6-10-25-13-16/h15-16H,3-13H2,1-2H3,(H2,19,20,21). The Morgan fingerprint density at radius 1 is 1.30 bits per heavy atom. The lowest BCUT2D eigenvalue weighted by atomic mass is 10.2. The Bertz CT molecular complexity index is 594. The van der Waals surface area contributed by atoms with Gasteiger partial charge in [0.1, 0.15) is 12.4 Å². The molecule has 2 aliphatic heterocycles. The highest BCUT2D eigenvalue weighted by Gasteiger charge is 2.16. The van der Waals surface area contributed by atoms with Crippen LogP contribution >= 0.6 is 0 Å². The SMILES string of the molecule is Cc1nnc(CN=C(NCCCOC2CCOC2)NCC2CCCO2)n1C. The van der Waals surface area contributed by atoms with Crippen LogP contribution in [-0.4, -0.2) is 72.4 Å². The van der Waals surface area contributed by atoms with E-state index >= 15 is 0 Å². The summed E-state index contributed by atoms with van der Waals surface area (Å²) in [6, 6.07) is 0. The fourth-order valence-corrected chi connectivity index (χ4v) is 3.10. The number of guanidine groups is 1. The lowest BCUT2D eigenvalue weighted by Crippen LogP contribution is -2.41. The van der Waals surface area contributed by atoms with Crippen molar-refractivity contribution in [3.8, 4) is 0 Å². The molecule has 3 heterocycles. The number of aryl methyl sites for hydroxylation is 1. The average molecular weight is 380 g/mol. The van der Waals surface area contributed by atoms with Crippen molar-refractivity contribution in [2.24, 2.45) is 12.0 Å². The monoisotopic (exact) mass is 380 g/mol. The number of aromatic nitrogens is 3. The first-order chi connectivity index (χ1) is 13.2.